The number of alkyl halides is 2. The Morgan fingerprint density at radius 2 is 2.24 bits per heavy atom. The number of rotatable bonds is 2. The van der Waals surface area contributed by atoms with E-state index in [9.17, 15) is 18.0 Å². The fourth-order valence-electron chi connectivity index (χ4n) is 3.37. The Morgan fingerprint density at radius 1 is 1.40 bits per heavy atom. The number of amides is 1. The van der Waals surface area contributed by atoms with Crippen LogP contribution in [0.25, 0.3) is 11.3 Å². The van der Waals surface area contributed by atoms with E-state index in [4.69, 9.17) is 4.74 Å². The van der Waals surface area contributed by atoms with E-state index in [-0.39, 0.29) is 37.2 Å². The van der Waals surface area contributed by atoms with Crippen molar-refractivity contribution in [2.75, 3.05) is 6.61 Å². The summed E-state index contributed by atoms with van der Waals surface area (Å²) in [6, 6.07) is 1.98. The van der Waals surface area contributed by atoms with Gasteiger partial charge in [-0.3, -0.25) is 4.79 Å². The molecule has 1 aromatic carbocycles. The van der Waals surface area contributed by atoms with Crippen LogP contribution in [0.4, 0.5) is 13.2 Å². The van der Waals surface area contributed by atoms with Gasteiger partial charge in [0.1, 0.15) is 6.61 Å². The lowest BCUT2D eigenvalue weighted by molar-refractivity contribution is 0.00711. The number of nitrogens with one attached hydrogen (secondary N) is 1. The molecule has 0 saturated heterocycles. The van der Waals surface area contributed by atoms with E-state index in [1.807, 2.05) is 4.57 Å². The Morgan fingerprint density at radius 3 is 3.00 bits per heavy atom. The maximum absolute atomic E-state index is 14.5. The molecule has 1 saturated carbocycles. The third-order valence-electron chi connectivity index (χ3n) is 4.61. The summed E-state index contributed by atoms with van der Waals surface area (Å²) in [6.07, 6.45) is 2.76. The lowest BCUT2D eigenvalue weighted by Gasteiger charge is -2.15. The van der Waals surface area contributed by atoms with Gasteiger partial charge in [-0.05, 0) is 18.6 Å². The van der Waals surface area contributed by atoms with Gasteiger partial charge in [0, 0.05) is 30.0 Å². The SMILES string of the molecule is O=C(N[C@@H]1CCC(F)(F)C1)c1cc(F)c2c(c1)-c1cncn1CCO2. The van der Waals surface area contributed by atoms with Crippen LogP contribution in [0.2, 0.25) is 0 Å². The molecule has 1 amide bonds. The van der Waals surface area contributed by atoms with Gasteiger partial charge >= 0.3 is 0 Å². The predicted molar refractivity (Wildman–Crippen MR) is 83.2 cm³/mol. The molecule has 1 aromatic heterocycles. The maximum Gasteiger partial charge on any atom is 0.251 e. The molecule has 2 heterocycles. The number of ether oxygens (including phenoxy) is 1. The number of halogens is 3. The van der Waals surface area contributed by atoms with E-state index < -0.39 is 23.7 Å². The molecule has 1 atom stereocenters. The topological polar surface area (TPSA) is 56.2 Å². The second-order valence-electron chi connectivity index (χ2n) is 6.42. The lowest BCUT2D eigenvalue weighted by atomic mass is 10.1. The average molecular weight is 351 g/mol. The highest BCUT2D eigenvalue weighted by atomic mass is 19.3. The van der Waals surface area contributed by atoms with Gasteiger partial charge in [0.15, 0.2) is 11.6 Å². The summed E-state index contributed by atoms with van der Waals surface area (Å²) >= 11 is 0. The first-order valence-electron chi connectivity index (χ1n) is 8.08. The van der Waals surface area contributed by atoms with Crippen LogP contribution in [0.15, 0.2) is 24.7 Å². The van der Waals surface area contributed by atoms with Crippen molar-refractivity contribution in [3.8, 4) is 17.0 Å². The molecule has 25 heavy (non-hydrogen) atoms. The molecular weight excluding hydrogens is 335 g/mol. The summed E-state index contributed by atoms with van der Waals surface area (Å²) in [7, 11) is 0. The fraction of sp³-hybridized carbons (Fsp3) is 0.412. The minimum atomic E-state index is -2.75. The largest absolute Gasteiger partial charge is 0.488 e. The number of hydrogen-bond donors (Lipinski definition) is 1. The van der Waals surface area contributed by atoms with Crippen LogP contribution in [0, 0.1) is 5.82 Å². The molecule has 4 rings (SSSR count). The summed E-state index contributed by atoms with van der Waals surface area (Å²) in [5, 5.41) is 2.57. The number of aromatic nitrogens is 2. The Bertz CT molecular complexity index is 835. The quantitative estimate of drug-likeness (QED) is 0.905. The lowest BCUT2D eigenvalue weighted by Crippen LogP contribution is -2.34. The van der Waals surface area contributed by atoms with Crippen LogP contribution in [0.5, 0.6) is 5.75 Å². The fourth-order valence-corrected chi connectivity index (χ4v) is 3.37. The van der Waals surface area contributed by atoms with Gasteiger partial charge < -0.3 is 14.6 Å². The molecular formula is C17H16F3N3O2. The van der Waals surface area contributed by atoms with Crippen LogP contribution < -0.4 is 10.1 Å². The first-order valence-corrected chi connectivity index (χ1v) is 8.08. The highest BCUT2D eigenvalue weighted by molar-refractivity contribution is 5.96. The molecule has 1 N–H and O–H groups in total. The highest BCUT2D eigenvalue weighted by Crippen LogP contribution is 2.37. The number of nitrogens with zero attached hydrogens (tertiary/aromatic N) is 2. The predicted octanol–water partition coefficient (Wildman–Crippen LogP) is 3.00. The van der Waals surface area contributed by atoms with E-state index in [2.05, 4.69) is 10.3 Å². The van der Waals surface area contributed by atoms with Gasteiger partial charge in [-0.15, -0.1) is 0 Å². The van der Waals surface area contributed by atoms with E-state index in [1.165, 1.54) is 6.07 Å². The molecule has 1 fully saturated rings. The molecule has 0 spiro atoms. The van der Waals surface area contributed by atoms with Gasteiger partial charge in [0.25, 0.3) is 5.91 Å². The number of fused-ring (bicyclic) bond motifs is 3. The molecule has 2 aromatic rings. The van der Waals surface area contributed by atoms with Crippen molar-refractivity contribution in [1.82, 2.24) is 14.9 Å². The van der Waals surface area contributed by atoms with Gasteiger partial charge in [0.05, 0.1) is 24.8 Å². The minimum Gasteiger partial charge on any atom is -0.488 e. The van der Waals surface area contributed by atoms with Crippen LogP contribution >= 0.6 is 0 Å². The first-order chi connectivity index (χ1) is 11.9. The molecule has 1 aliphatic carbocycles. The molecule has 0 bridgehead atoms. The average Bonchev–Trinajstić information content (AvgIpc) is 3.10. The molecule has 8 heteroatoms. The standard InChI is InChI=1S/C17H16F3N3O2/c18-13-6-10(16(24)22-11-1-2-17(19,20)7-11)5-12-14-8-21-9-23(14)3-4-25-15(12)13/h5-6,8-9,11H,1-4,7H2,(H,22,24)/t11-/m1/s1. The third kappa shape index (κ3) is 2.96. The van der Waals surface area contributed by atoms with E-state index in [0.29, 0.717) is 17.8 Å². The molecule has 1 aliphatic heterocycles. The second kappa shape index (κ2) is 5.79. The van der Waals surface area contributed by atoms with Gasteiger partial charge in [-0.1, -0.05) is 0 Å². The van der Waals surface area contributed by atoms with Crippen molar-refractivity contribution in [3.63, 3.8) is 0 Å². The monoisotopic (exact) mass is 351 g/mol. The Balaban J connectivity index is 1.64. The van der Waals surface area contributed by atoms with Crippen molar-refractivity contribution in [3.05, 3.63) is 36.0 Å². The Hall–Kier alpha value is -2.51. The third-order valence-corrected chi connectivity index (χ3v) is 4.61. The Kier molecular flexibility index (Phi) is 3.70. The molecule has 132 valence electrons. The zero-order valence-corrected chi connectivity index (χ0v) is 13.3. The zero-order valence-electron chi connectivity index (χ0n) is 13.3. The van der Waals surface area contributed by atoms with Gasteiger partial charge in [-0.2, -0.15) is 0 Å². The number of carbonyl (C=O) groups is 1. The van der Waals surface area contributed by atoms with Crippen molar-refractivity contribution in [2.24, 2.45) is 0 Å². The Labute approximate surface area is 141 Å². The van der Waals surface area contributed by atoms with Crippen LogP contribution in [-0.4, -0.2) is 34.0 Å². The van der Waals surface area contributed by atoms with Gasteiger partial charge in [0.2, 0.25) is 5.92 Å². The molecule has 5 nitrogen and oxygen atoms in total. The summed E-state index contributed by atoms with van der Waals surface area (Å²) in [6.45, 7) is 0.804. The summed E-state index contributed by atoms with van der Waals surface area (Å²) < 4.78 is 48.3. The number of hydrogen-bond acceptors (Lipinski definition) is 3. The van der Waals surface area contributed by atoms with Crippen molar-refractivity contribution in [2.45, 2.75) is 37.8 Å². The minimum absolute atomic E-state index is 0.0724. The van der Waals surface area contributed by atoms with Crippen molar-refractivity contribution >= 4 is 5.91 Å². The van der Waals surface area contributed by atoms with E-state index in [0.717, 1.165) is 6.07 Å². The van der Waals surface area contributed by atoms with Crippen LogP contribution in [0.3, 0.4) is 0 Å². The smallest absolute Gasteiger partial charge is 0.251 e. The summed E-state index contributed by atoms with van der Waals surface area (Å²) in [5.41, 5.74) is 1.15. The first kappa shape index (κ1) is 16.0. The number of imidazole rings is 1. The zero-order chi connectivity index (χ0) is 17.6. The number of carbonyl (C=O) groups excluding carboxylic acids is 1. The van der Waals surface area contributed by atoms with E-state index in [1.54, 1.807) is 12.5 Å². The highest BCUT2D eigenvalue weighted by Gasteiger charge is 2.40. The summed E-state index contributed by atoms with van der Waals surface area (Å²) in [5.74, 6) is -3.91. The molecule has 0 unspecified atom stereocenters. The second-order valence-corrected chi connectivity index (χ2v) is 6.42. The number of benzene rings is 1. The van der Waals surface area contributed by atoms with Crippen molar-refractivity contribution < 1.29 is 22.7 Å². The normalized spacial score (nSPS) is 21.0. The van der Waals surface area contributed by atoms with Crippen molar-refractivity contribution in [1.29, 1.82) is 0 Å². The maximum atomic E-state index is 14.5. The van der Waals surface area contributed by atoms with Crippen LogP contribution in [-0.2, 0) is 6.54 Å². The van der Waals surface area contributed by atoms with Gasteiger partial charge in [-0.25, -0.2) is 18.2 Å². The summed E-state index contributed by atoms with van der Waals surface area (Å²) in [4.78, 5) is 16.4. The van der Waals surface area contributed by atoms with Crippen LogP contribution in [0.1, 0.15) is 29.6 Å². The molecule has 0 radical (unpaired) electrons. The van der Waals surface area contributed by atoms with E-state index >= 15 is 0 Å². The molecule has 2 aliphatic rings.